The maximum absolute atomic E-state index is 12.0. The van der Waals surface area contributed by atoms with Gasteiger partial charge in [0.15, 0.2) is 6.10 Å². The van der Waals surface area contributed by atoms with Gasteiger partial charge in [-0.25, -0.2) is 14.4 Å². The van der Waals surface area contributed by atoms with E-state index in [4.69, 9.17) is 20.1 Å². The quantitative estimate of drug-likeness (QED) is 0.596. The summed E-state index contributed by atoms with van der Waals surface area (Å²) in [5.41, 5.74) is -1.25. The van der Waals surface area contributed by atoms with Crippen molar-refractivity contribution in [3.63, 3.8) is 0 Å². The van der Waals surface area contributed by atoms with Gasteiger partial charge in [0, 0.05) is 6.92 Å². The molecule has 0 saturated heterocycles. The van der Waals surface area contributed by atoms with E-state index in [2.05, 4.69) is 4.74 Å². The standard InChI is InChI=1S/C14H14O9/c1-7(16)22-6-9(5-15)23-14(21)11-4-8(12(17)18)2-3-10(11)13(19)20/h2-4,9,15H,5-6H2,1H3,(H,17,18)(H,19,20). The van der Waals surface area contributed by atoms with Crippen LogP contribution in [0.3, 0.4) is 0 Å². The van der Waals surface area contributed by atoms with E-state index in [1.807, 2.05) is 0 Å². The van der Waals surface area contributed by atoms with E-state index in [1.54, 1.807) is 0 Å². The Balaban J connectivity index is 3.04. The van der Waals surface area contributed by atoms with E-state index in [-0.39, 0.29) is 5.56 Å². The van der Waals surface area contributed by atoms with Crippen molar-refractivity contribution in [3.05, 3.63) is 34.9 Å². The number of carboxylic acid groups (broad SMARTS) is 2. The number of aliphatic hydroxyl groups excluding tert-OH is 1. The number of carboxylic acids is 2. The molecule has 0 bridgehead atoms. The predicted octanol–water partition coefficient (Wildman–Crippen LogP) is 0.164. The molecule has 1 aromatic rings. The topological polar surface area (TPSA) is 147 Å². The molecule has 0 aliphatic carbocycles. The first-order chi connectivity index (χ1) is 10.8. The van der Waals surface area contributed by atoms with Crippen LogP contribution in [0.4, 0.5) is 0 Å². The van der Waals surface area contributed by atoms with Crippen LogP contribution < -0.4 is 0 Å². The molecular formula is C14H14O9. The van der Waals surface area contributed by atoms with Crippen molar-refractivity contribution in [2.24, 2.45) is 0 Å². The molecule has 0 aromatic heterocycles. The maximum Gasteiger partial charge on any atom is 0.339 e. The van der Waals surface area contributed by atoms with Gasteiger partial charge in [0.1, 0.15) is 6.61 Å². The van der Waals surface area contributed by atoms with Gasteiger partial charge in [-0.05, 0) is 18.2 Å². The Hall–Kier alpha value is -2.94. The summed E-state index contributed by atoms with van der Waals surface area (Å²) in [4.78, 5) is 44.7. The Kier molecular flexibility index (Phi) is 6.22. The third-order valence-corrected chi connectivity index (χ3v) is 2.67. The number of rotatable bonds is 7. The van der Waals surface area contributed by atoms with Gasteiger partial charge in [0.25, 0.3) is 0 Å². The normalized spacial score (nSPS) is 11.4. The van der Waals surface area contributed by atoms with Crippen molar-refractivity contribution in [1.82, 2.24) is 0 Å². The molecule has 0 aliphatic heterocycles. The summed E-state index contributed by atoms with van der Waals surface area (Å²) in [5, 5.41) is 27.0. The van der Waals surface area contributed by atoms with E-state index in [0.29, 0.717) is 0 Å². The largest absolute Gasteiger partial charge is 0.478 e. The molecule has 0 amide bonds. The molecule has 0 heterocycles. The smallest absolute Gasteiger partial charge is 0.339 e. The fourth-order valence-corrected chi connectivity index (χ4v) is 1.58. The first kappa shape index (κ1) is 18.1. The van der Waals surface area contributed by atoms with Crippen molar-refractivity contribution in [1.29, 1.82) is 0 Å². The molecule has 3 N–H and O–H groups in total. The molecule has 1 rings (SSSR count). The Bertz CT molecular complexity index is 635. The Morgan fingerprint density at radius 1 is 1.09 bits per heavy atom. The van der Waals surface area contributed by atoms with E-state index in [1.165, 1.54) is 0 Å². The monoisotopic (exact) mass is 326 g/mol. The Labute approximate surface area is 130 Å². The third kappa shape index (κ3) is 5.08. The SMILES string of the molecule is CC(=O)OCC(CO)OC(=O)c1cc(C(=O)O)ccc1C(=O)O. The summed E-state index contributed by atoms with van der Waals surface area (Å²) in [6, 6.07) is 2.85. The minimum absolute atomic E-state index is 0.303. The average molecular weight is 326 g/mol. The number of aromatic carboxylic acids is 2. The van der Waals surface area contributed by atoms with Gasteiger partial charge in [0.05, 0.1) is 23.3 Å². The van der Waals surface area contributed by atoms with Crippen molar-refractivity contribution < 1.29 is 44.0 Å². The maximum atomic E-state index is 12.0. The summed E-state index contributed by atoms with van der Waals surface area (Å²) in [6.07, 6.45) is -1.21. The van der Waals surface area contributed by atoms with Crippen molar-refractivity contribution in [2.45, 2.75) is 13.0 Å². The minimum Gasteiger partial charge on any atom is -0.478 e. The average Bonchev–Trinajstić information content (AvgIpc) is 2.50. The molecule has 0 saturated carbocycles. The number of hydrogen-bond donors (Lipinski definition) is 3. The second-order valence-corrected chi connectivity index (χ2v) is 4.38. The van der Waals surface area contributed by atoms with Crippen LogP contribution in [-0.2, 0) is 14.3 Å². The van der Waals surface area contributed by atoms with Gasteiger partial charge >= 0.3 is 23.9 Å². The number of ether oxygens (including phenoxy) is 2. The van der Waals surface area contributed by atoms with Crippen LogP contribution >= 0.6 is 0 Å². The first-order valence-electron chi connectivity index (χ1n) is 6.32. The fraction of sp³-hybridized carbons (Fsp3) is 0.286. The van der Waals surface area contributed by atoms with Crippen molar-refractivity contribution in [3.8, 4) is 0 Å². The lowest BCUT2D eigenvalue weighted by Gasteiger charge is -2.16. The number of esters is 2. The second kappa shape index (κ2) is 7.90. The van der Waals surface area contributed by atoms with Crippen LogP contribution in [0.2, 0.25) is 0 Å². The molecule has 0 spiro atoms. The van der Waals surface area contributed by atoms with Crippen LogP contribution in [0.25, 0.3) is 0 Å². The lowest BCUT2D eigenvalue weighted by molar-refractivity contribution is -0.144. The number of aliphatic hydroxyl groups is 1. The summed E-state index contributed by atoms with van der Waals surface area (Å²) in [5.74, 6) is -4.61. The minimum atomic E-state index is -1.45. The summed E-state index contributed by atoms with van der Waals surface area (Å²) < 4.78 is 9.42. The van der Waals surface area contributed by atoms with Gasteiger partial charge in [-0.1, -0.05) is 0 Å². The van der Waals surface area contributed by atoms with E-state index >= 15 is 0 Å². The van der Waals surface area contributed by atoms with Crippen molar-refractivity contribution in [2.75, 3.05) is 13.2 Å². The van der Waals surface area contributed by atoms with Crippen LogP contribution in [0, 0.1) is 0 Å². The van der Waals surface area contributed by atoms with Crippen LogP contribution in [-0.4, -0.2) is 58.5 Å². The molecule has 0 radical (unpaired) electrons. The van der Waals surface area contributed by atoms with Gasteiger partial charge < -0.3 is 24.8 Å². The zero-order chi connectivity index (χ0) is 17.6. The van der Waals surface area contributed by atoms with E-state index < -0.39 is 54.3 Å². The molecule has 23 heavy (non-hydrogen) atoms. The molecule has 124 valence electrons. The number of hydrogen-bond acceptors (Lipinski definition) is 7. The number of benzene rings is 1. The molecular weight excluding hydrogens is 312 g/mol. The van der Waals surface area contributed by atoms with Crippen LogP contribution in [0.5, 0.6) is 0 Å². The molecule has 9 heteroatoms. The highest BCUT2D eigenvalue weighted by atomic mass is 16.6. The Morgan fingerprint density at radius 3 is 2.22 bits per heavy atom. The Morgan fingerprint density at radius 2 is 1.74 bits per heavy atom. The zero-order valence-corrected chi connectivity index (χ0v) is 12.0. The lowest BCUT2D eigenvalue weighted by Crippen LogP contribution is -2.29. The summed E-state index contributed by atoms with van der Waals surface area (Å²) in [6.45, 7) is 0.0355. The van der Waals surface area contributed by atoms with E-state index in [0.717, 1.165) is 25.1 Å². The molecule has 1 atom stereocenters. The molecule has 9 nitrogen and oxygen atoms in total. The highest BCUT2D eigenvalue weighted by Gasteiger charge is 2.23. The van der Waals surface area contributed by atoms with Gasteiger partial charge in [-0.2, -0.15) is 0 Å². The molecule has 1 aromatic carbocycles. The molecule has 0 fully saturated rings. The van der Waals surface area contributed by atoms with Gasteiger partial charge in [-0.3, -0.25) is 4.79 Å². The molecule has 0 aliphatic rings. The van der Waals surface area contributed by atoms with Crippen LogP contribution in [0.15, 0.2) is 18.2 Å². The van der Waals surface area contributed by atoms with E-state index in [9.17, 15) is 19.2 Å². The highest BCUT2D eigenvalue weighted by Crippen LogP contribution is 2.15. The number of carbonyl (C=O) groups is 4. The number of carbonyl (C=O) groups excluding carboxylic acids is 2. The molecule has 1 unspecified atom stereocenters. The highest BCUT2D eigenvalue weighted by molar-refractivity contribution is 6.04. The summed E-state index contributed by atoms with van der Waals surface area (Å²) >= 11 is 0. The zero-order valence-electron chi connectivity index (χ0n) is 12.0. The lowest BCUT2D eigenvalue weighted by atomic mass is 10.0. The first-order valence-corrected chi connectivity index (χ1v) is 6.32. The second-order valence-electron chi connectivity index (χ2n) is 4.38. The summed E-state index contributed by atoms with van der Waals surface area (Å²) in [7, 11) is 0. The third-order valence-electron chi connectivity index (χ3n) is 2.67. The van der Waals surface area contributed by atoms with Gasteiger partial charge in [0.2, 0.25) is 0 Å². The predicted molar refractivity (Wildman–Crippen MR) is 73.3 cm³/mol. The van der Waals surface area contributed by atoms with Crippen molar-refractivity contribution >= 4 is 23.9 Å². The van der Waals surface area contributed by atoms with Crippen LogP contribution in [0.1, 0.15) is 38.0 Å². The van der Waals surface area contributed by atoms with Gasteiger partial charge in [-0.15, -0.1) is 0 Å². The fourth-order valence-electron chi connectivity index (χ4n) is 1.58.